The maximum absolute atomic E-state index is 11.9. The average Bonchev–Trinajstić information content (AvgIpc) is 2.90. The minimum Gasteiger partial charge on any atom is -0.447 e. The smallest absolute Gasteiger partial charge is 0.410 e. The Morgan fingerprint density at radius 2 is 2.12 bits per heavy atom. The molecule has 1 spiro atoms. The van der Waals surface area contributed by atoms with Crippen LogP contribution in [0.25, 0.3) is 0 Å². The van der Waals surface area contributed by atoms with Crippen LogP contribution in [0, 0.1) is 0 Å². The van der Waals surface area contributed by atoms with Crippen molar-refractivity contribution in [2.75, 3.05) is 19.7 Å². The van der Waals surface area contributed by atoms with Crippen LogP contribution in [0.4, 0.5) is 4.79 Å². The van der Waals surface area contributed by atoms with Gasteiger partial charge < -0.3 is 10.1 Å². The summed E-state index contributed by atoms with van der Waals surface area (Å²) < 4.78 is 5.30. The fraction of sp³-hybridized carbons (Fsp3) is 0.917. The number of nitrogens with zero attached hydrogens (tertiary/aromatic N) is 1. The van der Waals surface area contributed by atoms with Crippen molar-refractivity contribution in [2.24, 2.45) is 0 Å². The maximum atomic E-state index is 11.9. The summed E-state index contributed by atoms with van der Waals surface area (Å²) in [5.74, 6) is 0. The first-order valence-electron chi connectivity index (χ1n) is 6.49. The van der Waals surface area contributed by atoms with Crippen LogP contribution >= 0.6 is 0 Å². The lowest BCUT2D eigenvalue weighted by molar-refractivity contribution is 0.105. The third-order valence-corrected chi connectivity index (χ3v) is 4.33. The van der Waals surface area contributed by atoms with Crippen LogP contribution < -0.4 is 5.32 Å². The molecule has 2 saturated heterocycles. The van der Waals surface area contributed by atoms with E-state index in [-0.39, 0.29) is 11.6 Å². The third-order valence-electron chi connectivity index (χ3n) is 4.33. The Morgan fingerprint density at radius 1 is 1.31 bits per heavy atom. The van der Waals surface area contributed by atoms with E-state index in [0.717, 1.165) is 32.4 Å². The van der Waals surface area contributed by atoms with E-state index < -0.39 is 0 Å². The lowest BCUT2D eigenvalue weighted by Gasteiger charge is -2.39. The predicted molar refractivity (Wildman–Crippen MR) is 60.3 cm³/mol. The zero-order valence-corrected chi connectivity index (χ0v) is 9.71. The summed E-state index contributed by atoms with van der Waals surface area (Å²) in [5, 5.41) is 3.37. The van der Waals surface area contributed by atoms with Gasteiger partial charge in [-0.2, -0.15) is 0 Å². The summed E-state index contributed by atoms with van der Waals surface area (Å²) in [6.07, 6.45) is 7.15. The van der Waals surface area contributed by atoms with Crippen LogP contribution in [0.2, 0.25) is 0 Å². The Morgan fingerprint density at radius 3 is 2.81 bits per heavy atom. The van der Waals surface area contributed by atoms with Gasteiger partial charge in [0, 0.05) is 12.6 Å². The Bertz CT molecular complexity index is 281. The van der Waals surface area contributed by atoms with Crippen molar-refractivity contribution in [1.82, 2.24) is 10.2 Å². The average molecular weight is 224 g/mol. The molecule has 0 aromatic heterocycles. The van der Waals surface area contributed by atoms with Gasteiger partial charge in [0.1, 0.15) is 6.61 Å². The number of hydrogen-bond acceptors (Lipinski definition) is 3. The number of amides is 1. The number of hydrogen-bond donors (Lipinski definition) is 1. The monoisotopic (exact) mass is 224 g/mol. The van der Waals surface area contributed by atoms with E-state index in [0.29, 0.717) is 12.6 Å². The molecule has 1 aliphatic carbocycles. The lowest BCUT2D eigenvalue weighted by Crippen LogP contribution is -2.54. The summed E-state index contributed by atoms with van der Waals surface area (Å²) >= 11 is 0. The minimum atomic E-state index is -0.0735. The molecule has 4 nitrogen and oxygen atoms in total. The van der Waals surface area contributed by atoms with Gasteiger partial charge in [-0.25, -0.2) is 4.79 Å². The van der Waals surface area contributed by atoms with E-state index in [4.69, 9.17) is 4.74 Å². The Kier molecular flexibility index (Phi) is 2.54. The van der Waals surface area contributed by atoms with Crippen LogP contribution in [-0.4, -0.2) is 42.3 Å². The van der Waals surface area contributed by atoms with E-state index >= 15 is 0 Å². The van der Waals surface area contributed by atoms with Crippen LogP contribution in [0.15, 0.2) is 0 Å². The van der Waals surface area contributed by atoms with Crippen LogP contribution in [0.5, 0.6) is 0 Å². The molecular formula is C12H20N2O2. The summed E-state index contributed by atoms with van der Waals surface area (Å²) in [6.45, 7) is 2.52. The van der Waals surface area contributed by atoms with Crippen molar-refractivity contribution in [3.05, 3.63) is 0 Å². The standard InChI is InChI=1S/C12H20N2O2/c15-11-14(10-4-2-1-3-5-10)12(9-16-11)6-7-13-8-12/h10,13H,1-9H2. The van der Waals surface area contributed by atoms with Crippen LogP contribution in [-0.2, 0) is 4.74 Å². The fourth-order valence-corrected chi connectivity index (χ4v) is 3.46. The second kappa shape index (κ2) is 3.91. The molecule has 3 rings (SSSR count). The molecule has 1 saturated carbocycles. The van der Waals surface area contributed by atoms with E-state index in [1.807, 2.05) is 0 Å². The maximum Gasteiger partial charge on any atom is 0.410 e. The zero-order valence-electron chi connectivity index (χ0n) is 9.71. The normalized spacial score (nSPS) is 36.0. The first-order valence-corrected chi connectivity index (χ1v) is 6.49. The van der Waals surface area contributed by atoms with E-state index in [2.05, 4.69) is 10.2 Å². The molecule has 3 aliphatic rings. The molecule has 2 aliphatic heterocycles. The molecule has 90 valence electrons. The third kappa shape index (κ3) is 1.51. The predicted octanol–water partition coefficient (Wildman–Crippen LogP) is 1.50. The molecule has 4 heteroatoms. The number of carbonyl (C=O) groups excluding carboxylic acids is 1. The highest BCUT2D eigenvalue weighted by molar-refractivity contribution is 5.72. The highest BCUT2D eigenvalue weighted by Gasteiger charge is 2.51. The van der Waals surface area contributed by atoms with E-state index in [1.54, 1.807) is 0 Å². The van der Waals surface area contributed by atoms with Gasteiger partial charge >= 0.3 is 6.09 Å². The summed E-state index contributed by atoms with van der Waals surface area (Å²) in [5.41, 5.74) is -0.0148. The summed E-state index contributed by atoms with van der Waals surface area (Å²) in [4.78, 5) is 14.0. The van der Waals surface area contributed by atoms with Gasteiger partial charge in [0.05, 0.1) is 5.54 Å². The van der Waals surface area contributed by atoms with E-state index in [1.165, 1.54) is 19.3 Å². The van der Waals surface area contributed by atoms with Crippen molar-refractivity contribution in [2.45, 2.75) is 50.1 Å². The first kappa shape index (κ1) is 10.4. The Labute approximate surface area is 96.3 Å². The highest BCUT2D eigenvalue weighted by atomic mass is 16.6. The number of nitrogens with one attached hydrogen (secondary N) is 1. The van der Waals surface area contributed by atoms with Gasteiger partial charge in [-0.15, -0.1) is 0 Å². The van der Waals surface area contributed by atoms with Crippen molar-refractivity contribution >= 4 is 6.09 Å². The minimum absolute atomic E-state index is 0.0148. The summed E-state index contributed by atoms with van der Waals surface area (Å²) in [7, 11) is 0. The van der Waals surface area contributed by atoms with Crippen molar-refractivity contribution in [3.8, 4) is 0 Å². The largest absolute Gasteiger partial charge is 0.447 e. The fourth-order valence-electron chi connectivity index (χ4n) is 3.46. The Hall–Kier alpha value is -0.770. The van der Waals surface area contributed by atoms with Gasteiger partial charge in [-0.05, 0) is 25.8 Å². The highest BCUT2D eigenvalue weighted by Crippen LogP contribution is 2.36. The Balaban J connectivity index is 1.81. The second-order valence-corrected chi connectivity index (χ2v) is 5.37. The molecule has 1 N–H and O–H groups in total. The second-order valence-electron chi connectivity index (χ2n) is 5.37. The number of carbonyl (C=O) groups is 1. The molecule has 0 aromatic carbocycles. The quantitative estimate of drug-likeness (QED) is 0.734. The molecule has 0 bridgehead atoms. The van der Waals surface area contributed by atoms with Gasteiger partial charge in [-0.3, -0.25) is 4.90 Å². The SMILES string of the molecule is O=C1OCC2(CCNC2)N1C1CCCCC1. The molecule has 1 atom stereocenters. The molecule has 3 fully saturated rings. The number of cyclic esters (lactones) is 1. The van der Waals surface area contributed by atoms with E-state index in [9.17, 15) is 4.79 Å². The van der Waals surface area contributed by atoms with Gasteiger partial charge in [0.25, 0.3) is 0 Å². The molecule has 1 unspecified atom stereocenters. The number of rotatable bonds is 1. The molecule has 0 radical (unpaired) electrons. The molecule has 0 aromatic rings. The van der Waals surface area contributed by atoms with Gasteiger partial charge in [-0.1, -0.05) is 19.3 Å². The van der Waals surface area contributed by atoms with Crippen LogP contribution in [0.1, 0.15) is 38.5 Å². The number of ether oxygens (including phenoxy) is 1. The van der Waals surface area contributed by atoms with Crippen molar-refractivity contribution < 1.29 is 9.53 Å². The molecule has 2 heterocycles. The summed E-state index contributed by atoms with van der Waals surface area (Å²) in [6, 6.07) is 0.434. The van der Waals surface area contributed by atoms with Crippen molar-refractivity contribution in [1.29, 1.82) is 0 Å². The van der Waals surface area contributed by atoms with Crippen molar-refractivity contribution in [3.63, 3.8) is 0 Å². The lowest BCUT2D eigenvalue weighted by atomic mass is 9.89. The first-order chi connectivity index (χ1) is 7.82. The van der Waals surface area contributed by atoms with Gasteiger partial charge in [0.15, 0.2) is 0 Å². The van der Waals surface area contributed by atoms with Crippen LogP contribution in [0.3, 0.4) is 0 Å². The van der Waals surface area contributed by atoms with Gasteiger partial charge in [0.2, 0.25) is 0 Å². The topological polar surface area (TPSA) is 41.6 Å². The molecule has 16 heavy (non-hydrogen) atoms. The zero-order chi connectivity index (χ0) is 11.0. The molecular weight excluding hydrogens is 204 g/mol. The molecule has 1 amide bonds.